The molecule has 0 N–H and O–H groups in total. The normalized spacial score (nSPS) is 16.2. The van der Waals surface area contributed by atoms with Gasteiger partial charge in [0.1, 0.15) is 17.4 Å². The minimum Gasteiger partial charge on any atom is -0.465 e. The molecular formula is C19H16N2O4. The highest BCUT2D eigenvalue weighted by Gasteiger charge is 2.31. The Morgan fingerprint density at radius 2 is 2.16 bits per heavy atom. The van der Waals surface area contributed by atoms with E-state index >= 15 is 0 Å². The fourth-order valence-corrected chi connectivity index (χ4v) is 2.87. The third-order valence-electron chi connectivity index (χ3n) is 3.97. The number of rotatable bonds is 4. The van der Waals surface area contributed by atoms with Gasteiger partial charge in [0.05, 0.1) is 6.26 Å². The molecule has 0 aliphatic carbocycles. The molecule has 25 heavy (non-hydrogen) atoms. The largest absolute Gasteiger partial charge is 0.465 e. The van der Waals surface area contributed by atoms with Crippen LogP contribution in [0.1, 0.15) is 18.2 Å². The zero-order chi connectivity index (χ0) is 17.8. The third kappa shape index (κ3) is 3.45. The van der Waals surface area contributed by atoms with Crippen LogP contribution in [0.25, 0.3) is 6.08 Å². The number of esters is 1. The van der Waals surface area contributed by atoms with Crippen molar-refractivity contribution in [3.05, 3.63) is 59.6 Å². The number of fused-ring (bicyclic) bond motifs is 1. The van der Waals surface area contributed by atoms with Gasteiger partial charge in [-0.1, -0.05) is 18.2 Å². The van der Waals surface area contributed by atoms with Crippen molar-refractivity contribution >= 4 is 23.6 Å². The van der Waals surface area contributed by atoms with Crippen molar-refractivity contribution in [2.24, 2.45) is 0 Å². The Labute approximate surface area is 144 Å². The first-order valence-corrected chi connectivity index (χ1v) is 7.82. The van der Waals surface area contributed by atoms with Crippen molar-refractivity contribution in [1.82, 2.24) is 0 Å². The first kappa shape index (κ1) is 16.5. The van der Waals surface area contributed by atoms with Crippen LogP contribution < -0.4 is 4.90 Å². The maximum atomic E-state index is 12.5. The molecule has 1 aromatic carbocycles. The Bertz CT molecular complexity index is 862. The van der Waals surface area contributed by atoms with Crippen LogP contribution in [0.4, 0.5) is 5.69 Å². The van der Waals surface area contributed by atoms with Gasteiger partial charge in [0, 0.05) is 17.8 Å². The summed E-state index contributed by atoms with van der Waals surface area (Å²) in [7, 11) is 0. The summed E-state index contributed by atoms with van der Waals surface area (Å²) in [6.45, 7) is 1.52. The van der Waals surface area contributed by atoms with Crippen LogP contribution >= 0.6 is 0 Å². The molecule has 1 aliphatic rings. The van der Waals surface area contributed by atoms with Crippen molar-refractivity contribution in [3.63, 3.8) is 0 Å². The highest BCUT2D eigenvalue weighted by molar-refractivity contribution is 6.01. The number of carbonyl (C=O) groups excluding carboxylic acids is 2. The van der Waals surface area contributed by atoms with Gasteiger partial charge in [-0.3, -0.25) is 4.79 Å². The summed E-state index contributed by atoms with van der Waals surface area (Å²) in [4.78, 5) is 26.1. The second kappa shape index (κ2) is 7.05. The lowest BCUT2D eigenvalue weighted by Gasteiger charge is -2.22. The smallest absolute Gasteiger partial charge is 0.349 e. The van der Waals surface area contributed by atoms with Crippen LogP contribution in [0.15, 0.2) is 52.7 Å². The summed E-state index contributed by atoms with van der Waals surface area (Å²) in [5, 5.41) is 9.09. The SMILES string of the molecule is CC1Cc2ccccc2N1C(=O)COC(=O)C(C#N)=Cc1ccco1. The van der Waals surface area contributed by atoms with Crippen LogP contribution in [0.5, 0.6) is 0 Å². The predicted molar refractivity (Wildman–Crippen MR) is 90.4 cm³/mol. The number of nitriles is 1. The lowest BCUT2D eigenvalue weighted by molar-refractivity contribution is -0.143. The van der Waals surface area contributed by atoms with Crippen LogP contribution in [0, 0.1) is 11.3 Å². The van der Waals surface area contributed by atoms with Gasteiger partial charge in [-0.15, -0.1) is 0 Å². The molecule has 1 aromatic heterocycles. The van der Waals surface area contributed by atoms with E-state index in [1.54, 1.807) is 23.1 Å². The van der Waals surface area contributed by atoms with Crippen molar-refractivity contribution in [2.45, 2.75) is 19.4 Å². The van der Waals surface area contributed by atoms with Gasteiger partial charge in [0.25, 0.3) is 5.91 Å². The molecule has 6 nitrogen and oxygen atoms in total. The molecule has 0 radical (unpaired) electrons. The summed E-state index contributed by atoms with van der Waals surface area (Å²) in [5.41, 5.74) is 1.70. The number of hydrogen-bond acceptors (Lipinski definition) is 5. The fraction of sp³-hybridized carbons (Fsp3) is 0.211. The predicted octanol–water partition coefficient (Wildman–Crippen LogP) is 2.71. The van der Waals surface area contributed by atoms with E-state index in [2.05, 4.69) is 0 Å². The highest BCUT2D eigenvalue weighted by Crippen LogP contribution is 2.31. The second-order valence-electron chi connectivity index (χ2n) is 5.71. The number of amides is 1. The lowest BCUT2D eigenvalue weighted by Crippen LogP contribution is -2.38. The van der Waals surface area contributed by atoms with Crippen molar-refractivity contribution in [3.8, 4) is 6.07 Å². The van der Waals surface area contributed by atoms with E-state index in [0.717, 1.165) is 17.7 Å². The molecule has 0 fully saturated rings. The van der Waals surface area contributed by atoms with E-state index in [9.17, 15) is 9.59 Å². The number of hydrogen-bond donors (Lipinski definition) is 0. The first-order valence-electron chi connectivity index (χ1n) is 7.82. The standard InChI is InChI=1S/C19H16N2O4/c1-13-9-14-5-2-3-7-17(14)21(13)18(22)12-25-19(23)15(11-20)10-16-6-4-8-24-16/h2-8,10,13H,9,12H2,1H3. The molecule has 2 heterocycles. The zero-order valence-electron chi connectivity index (χ0n) is 13.6. The van der Waals surface area contributed by atoms with E-state index in [-0.39, 0.29) is 17.5 Å². The molecule has 2 aromatic rings. The molecule has 6 heteroatoms. The highest BCUT2D eigenvalue weighted by atomic mass is 16.5. The number of furan rings is 1. The first-order chi connectivity index (χ1) is 12.1. The number of para-hydroxylation sites is 1. The molecule has 0 saturated heterocycles. The number of nitrogens with zero attached hydrogens (tertiary/aromatic N) is 2. The molecule has 0 spiro atoms. The number of anilines is 1. The maximum absolute atomic E-state index is 12.5. The Kier molecular flexibility index (Phi) is 4.66. The molecule has 0 saturated carbocycles. The second-order valence-corrected chi connectivity index (χ2v) is 5.71. The third-order valence-corrected chi connectivity index (χ3v) is 3.97. The quantitative estimate of drug-likeness (QED) is 0.487. The summed E-state index contributed by atoms with van der Waals surface area (Å²) in [5.74, 6) is -0.810. The van der Waals surface area contributed by atoms with E-state index in [0.29, 0.717) is 5.76 Å². The van der Waals surface area contributed by atoms with Gasteiger partial charge in [-0.05, 0) is 37.1 Å². The van der Waals surface area contributed by atoms with Gasteiger partial charge >= 0.3 is 5.97 Å². The molecule has 1 unspecified atom stereocenters. The number of carbonyl (C=O) groups is 2. The van der Waals surface area contributed by atoms with E-state index < -0.39 is 12.6 Å². The van der Waals surface area contributed by atoms with Crippen LogP contribution in [-0.4, -0.2) is 24.5 Å². The average Bonchev–Trinajstić information content (AvgIpc) is 3.23. The van der Waals surface area contributed by atoms with E-state index in [1.165, 1.54) is 12.3 Å². The van der Waals surface area contributed by atoms with Gasteiger partial charge in [0.15, 0.2) is 6.61 Å². The van der Waals surface area contributed by atoms with Crippen molar-refractivity contribution in [1.29, 1.82) is 5.26 Å². The molecular weight excluding hydrogens is 320 g/mol. The van der Waals surface area contributed by atoms with Crippen molar-refractivity contribution < 1.29 is 18.7 Å². The summed E-state index contributed by atoms with van der Waals surface area (Å²) >= 11 is 0. The molecule has 0 bridgehead atoms. The minimum absolute atomic E-state index is 0.00213. The Morgan fingerprint density at radius 3 is 2.88 bits per heavy atom. The molecule has 126 valence electrons. The fourth-order valence-electron chi connectivity index (χ4n) is 2.87. The van der Waals surface area contributed by atoms with Gasteiger partial charge in [-0.2, -0.15) is 5.26 Å². The minimum atomic E-state index is -0.854. The maximum Gasteiger partial charge on any atom is 0.349 e. The Hall–Kier alpha value is -3.33. The van der Waals surface area contributed by atoms with E-state index in [1.807, 2.05) is 31.2 Å². The Morgan fingerprint density at radius 1 is 1.36 bits per heavy atom. The number of ether oxygens (including phenoxy) is 1. The number of benzene rings is 1. The molecule has 1 amide bonds. The van der Waals surface area contributed by atoms with Gasteiger partial charge in [-0.25, -0.2) is 4.79 Å². The molecule has 3 rings (SSSR count). The van der Waals surface area contributed by atoms with Crippen molar-refractivity contribution in [2.75, 3.05) is 11.5 Å². The van der Waals surface area contributed by atoms with Crippen LogP contribution in [0.3, 0.4) is 0 Å². The van der Waals surface area contributed by atoms with Gasteiger partial charge in [0.2, 0.25) is 0 Å². The molecule has 1 aliphatic heterocycles. The summed E-state index contributed by atoms with van der Waals surface area (Å²) in [6.07, 6.45) is 3.47. The van der Waals surface area contributed by atoms with Crippen LogP contribution in [0.2, 0.25) is 0 Å². The molecule has 1 atom stereocenters. The Balaban J connectivity index is 1.66. The van der Waals surface area contributed by atoms with Crippen LogP contribution in [-0.2, 0) is 20.7 Å². The summed E-state index contributed by atoms with van der Waals surface area (Å²) in [6, 6.07) is 12.6. The van der Waals surface area contributed by atoms with E-state index in [4.69, 9.17) is 14.4 Å². The lowest BCUT2D eigenvalue weighted by atomic mass is 10.1. The zero-order valence-corrected chi connectivity index (χ0v) is 13.6. The average molecular weight is 336 g/mol. The van der Waals surface area contributed by atoms with Gasteiger partial charge < -0.3 is 14.1 Å². The summed E-state index contributed by atoms with van der Waals surface area (Å²) < 4.78 is 10.1. The topological polar surface area (TPSA) is 83.5 Å². The monoisotopic (exact) mass is 336 g/mol.